The number of halogens is 2. The zero-order valence-corrected chi connectivity index (χ0v) is 13.6. The Morgan fingerprint density at radius 3 is 2.61 bits per heavy atom. The molecule has 120 valence electrons. The number of rotatable bonds is 4. The fraction of sp³-hybridized carbons (Fsp3) is 0.143. The number of aryl methyl sites for hydroxylation is 1. The number of nitrogens with two attached hydrogens (primary N) is 1. The molecular formula is C14H13Cl2N5O2. The van der Waals surface area contributed by atoms with E-state index in [2.05, 4.69) is 10.2 Å². The molecule has 0 radical (unpaired) electrons. The summed E-state index contributed by atoms with van der Waals surface area (Å²) in [5.74, 6) is -2.13. The van der Waals surface area contributed by atoms with Crippen LogP contribution in [0.25, 0.3) is 0 Å². The van der Waals surface area contributed by atoms with Crippen LogP contribution in [0.2, 0.25) is 10.2 Å². The monoisotopic (exact) mass is 353 g/mol. The first-order valence-corrected chi connectivity index (χ1v) is 7.24. The van der Waals surface area contributed by atoms with Gasteiger partial charge in [-0.05, 0) is 24.6 Å². The molecular weight excluding hydrogens is 341 g/mol. The molecule has 1 aromatic carbocycles. The van der Waals surface area contributed by atoms with E-state index in [1.54, 1.807) is 23.7 Å². The van der Waals surface area contributed by atoms with E-state index in [0.29, 0.717) is 28.0 Å². The summed E-state index contributed by atoms with van der Waals surface area (Å²) in [6.45, 7) is 2.21. The van der Waals surface area contributed by atoms with E-state index < -0.39 is 11.8 Å². The number of amides is 2. The van der Waals surface area contributed by atoms with Crippen LogP contribution in [0.15, 0.2) is 29.4 Å². The third-order valence-electron chi connectivity index (χ3n) is 2.94. The molecule has 9 heteroatoms. The number of nitrogens with zero attached hydrogens (tertiary/aromatic N) is 3. The molecule has 23 heavy (non-hydrogen) atoms. The quantitative estimate of drug-likeness (QED) is 0.494. The van der Waals surface area contributed by atoms with Gasteiger partial charge in [0.25, 0.3) is 0 Å². The molecule has 2 rings (SSSR count). The van der Waals surface area contributed by atoms with Gasteiger partial charge in [-0.15, -0.1) is 0 Å². The van der Waals surface area contributed by atoms with Gasteiger partial charge >= 0.3 is 11.8 Å². The van der Waals surface area contributed by atoms with Gasteiger partial charge in [-0.2, -0.15) is 10.2 Å². The van der Waals surface area contributed by atoms with Crippen molar-refractivity contribution in [3.05, 3.63) is 51.3 Å². The van der Waals surface area contributed by atoms with Crippen LogP contribution >= 0.6 is 23.2 Å². The summed E-state index contributed by atoms with van der Waals surface area (Å²) in [6.07, 6.45) is 1.31. The highest BCUT2D eigenvalue weighted by Crippen LogP contribution is 2.19. The van der Waals surface area contributed by atoms with Crippen LogP contribution in [0, 0.1) is 6.92 Å². The number of hydrazone groups is 1. The molecule has 1 aromatic heterocycles. The number of hydrogen-bond donors (Lipinski definition) is 2. The average molecular weight is 354 g/mol. The minimum atomic E-state index is -1.12. The highest BCUT2D eigenvalue weighted by molar-refractivity contribution is 6.34. The standard InChI is InChI=1S/C14H13Cl2N5O2/c1-8-11(6-18-19-14(23)13(17)22)12(16)21(20-8)7-9-2-4-10(15)5-3-9/h2-6H,7H2,1H3,(H2,17,22)(H,19,23). The number of primary amides is 1. The SMILES string of the molecule is Cc1nn(Cc2ccc(Cl)cc2)c(Cl)c1C=NNC(=O)C(N)=O. The van der Waals surface area contributed by atoms with E-state index in [1.807, 2.05) is 17.6 Å². The Morgan fingerprint density at radius 1 is 1.35 bits per heavy atom. The molecule has 0 saturated heterocycles. The van der Waals surface area contributed by atoms with Crippen molar-refractivity contribution < 1.29 is 9.59 Å². The summed E-state index contributed by atoms with van der Waals surface area (Å²) in [7, 11) is 0. The molecule has 1 heterocycles. The Kier molecular flexibility index (Phi) is 5.36. The maximum absolute atomic E-state index is 11.0. The lowest BCUT2D eigenvalue weighted by Gasteiger charge is -2.03. The van der Waals surface area contributed by atoms with Gasteiger partial charge in [-0.25, -0.2) is 10.1 Å². The van der Waals surface area contributed by atoms with Crippen molar-refractivity contribution in [2.45, 2.75) is 13.5 Å². The number of carbonyl (C=O) groups excluding carboxylic acids is 2. The lowest BCUT2D eigenvalue weighted by Crippen LogP contribution is -2.32. The second-order valence-electron chi connectivity index (χ2n) is 4.64. The highest BCUT2D eigenvalue weighted by atomic mass is 35.5. The first-order chi connectivity index (χ1) is 10.9. The Balaban J connectivity index is 2.15. The van der Waals surface area contributed by atoms with Crippen LogP contribution in [0.5, 0.6) is 0 Å². The minimum Gasteiger partial charge on any atom is -0.361 e. The van der Waals surface area contributed by atoms with Gasteiger partial charge in [-0.3, -0.25) is 9.59 Å². The second-order valence-corrected chi connectivity index (χ2v) is 5.43. The fourth-order valence-corrected chi connectivity index (χ4v) is 2.20. The molecule has 0 bridgehead atoms. The van der Waals surface area contributed by atoms with E-state index >= 15 is 0 Å². The van der Waals surface area contributed by atoms with Gasteiger partial charge in [0, 0.05) is 5.02 Å². The van der Waals surface area contributed by atoms with Gasteiger partial charge in [-0.1, -0.05) is 35.3 Å². The van der Waals surface area contributed by atoms with Crippen molar-refractivity contribution in [1.82, 2.24) is 15.2 Å². The molecule has 3 N–H and O–H groups in total. The molecule has 0 atom stereocenters. The molecule has 2 amide bonds. The molecule has 0 unspecified atom stereocenters. The zero-order valence-electron chi connectivity index (χ0n) is 12.1. The Morgan fingerprint density at radius 2 is 2.00 bits per heavy atom. The van der Waals surface area contributed by atoms with Gasteiger partial charge in [0.15, 0.2) is 0 Å². The number of carbonyl (C=O) groups is 2. The van der Waals surface area contributed by atoms with E-state index in [1.165, 1.54) is 6.21 Å². The van der Waals surface area contributed by atoms with Gasteiger partial charge in [0.05, 0.1) is 24.0 Å². The number of benzene rings is 1. The fourth-order valence-electron chi connectivity index (χ4n) is 1.79. The summed E-state index contributed by atoms with van der Waals surface area (Å²) >= 11 is 12.1. The summed E-state index contributed by atoms with van der Waals surface area (Å²) in [4.78, 5) is 21.6. The molecule has 0 fully saturated rings. The highest BCUT2D eigenvalue weighted by Gasteiger charge is 2.12. The third kappa shape index (κ3) is 4.30. The van der Waals surface area contributed by atoms with E-state index in [0.717, 1.165) is 5.56 Å². The lowest BCUT2D eigenvalue weighted by atomic mass is 10.2. The maximum Gasteiger partial charge on any atom is 0.329 e. The van der Waals surface area contributed by atoms with Gasteiger partial charge in [0.2, 0.25) is 0 Å². The van der Waals surface area contributed by atoms with Gasteiger partial charge < -0.3 is 5.73 Å². The largest absolute Gasteiger partial charge is 0.361 e. The lowest BCUT2D eigenvalue weighted by molar-refractivity contribution is -0.137. The van der Waals surface area contributed by atoms with Crippen LogP contribution < -0.4 is 11.2 Å². The minimum absolute atomic E-state index is 0.356. The van der Waals surface area contributed by atoms with Crippen LogP contribution in [-0.2, 0) is 16.1 Å². The van der Waals surface area contributed by atoms with Crippen molar-refractivity contribution in [2.24, 2.45) is 10.8 Å². The predicted molar refractivity (Wildman–Crippen MR) is 87.5 cm³/mol. The Bertz CT molecular complexity index is 768. The zero-order chi connectivity index (χ0) is 17.0. The first-order valence-electron chi connectivity index (χ1n) is 6.48. The molecule has 0 aliphatic rings. The Hall–Kier alpha value is -2.38. The maximum atomic E-state index is 11.0. The summed E-state index contributed by atoms with van der Waals surface area (Å²) in [5.41, 5.74) is 8.93. The van der Waals surface area contributed by atoms with Crippen molar-refractivity contribution in [2.75, 3.05) is 0 Å². The summed E-state index contributed by atoms with van der Waals surface area (Å²) in [6, 6.07) is 7.30. The molecule has 7 nitrogen and oxygen atoms in total. The molecule has 2 aromatic rings. The van der Waals surface area contributed by atoms with Crippen molar-refractivity contribution in [1.29, 1.82) is 0 Å². The molecule has 0 aliphatic carbocycles. The smallest absolute Gasteiger partial charge is 0.329 e. The number of aromatic nitrogens is 2. The van der Waals surface area contributed by atoms with E-state index in [4.69, 9.17) is 28.9 Å². The number of nitrogens with one attached hydrogen (secondary N) is 1. The first kappa shape index (κ1) is 17.0. The normalized spacial score (nSPS) is 10.9. The van der Waals surface area contributed by atoms with Crippen molar-refractivity contribution in [3.8, 4) is 0 Å². The van der Waals surface area contributed by atoms with E-state index in [9.17, 15) is 9.59 Å². The Labute approximate surface area is 142 Å². The van der Waals surface area contributed by atoms with Crippen LogP contribution in [0.1, 0.15) is 16.8 Å². The third-order valence-corrected chi connectivity index (χ3v) is 3.59. The summed E-state index contributed by atoms with van der Waals surface area (Å²) < 4.78 is 1.59. The molecule has 0 saturated carbocycles. The van der Waals surface area contributed by atoms with Gasteiger partial charge in [0.1, 0.15) is 5.15 Å². The number of hydrogen-bond acceptors (Lipinski definition) is 4. The van der Waals surface area contributed by atoms with Crippen LogP contribution in [0.4, 0.5) is 0 Å². The molecule has 0 spiro atoms. The predicted octanol–water partition coefficient (Wildman–Crippen LogP) is 1.48. The summed E-state index contributed by atoms with van der Waals surface area (Å²) in [5, 5.41) is 8.96. The van der Waals surface area contributed by atoms with Crippen LogP contribution in [-0.4, -0.2) is 27.8 Å². The van der Waals surface area contributed by atoms with Crippen molar-refractivity contribution >= 4 is 41.2 Å². The topological polar surface area (TPSA) is 102 Å². The molecule has 0 aliphatic heterocycles. The van der Waals surface area contributed by atoms with E-state index in [-0.39, 0.29) is 0 Å². The average Bonchev–Trinajstić information content (AvgIpc) is 2.76. The van der Waals surface area contributed by atoms with Crippen molar-refractivity contribution in [3.63, 3.8) is 0 Å². The van der Waals surface area contributed by atoms with Crippen LogP contribution in [0.3, 0.4) is 0 Å². The second kappa shape index (κ2) is 7.26.